The van der Waals surface area contributed by atoms with Crippen LogP contribution in [0.5, 0.6) is 0 Å². The molecule has 0 saturated carbocycles. The van der Waals surface area contributed by atoms with Crippen LogP contribution < -0.4 is 5.32 Å². The zero-order valence-electron chi connectivity index (χ0n) is 9.62. The van der Waals surface area contributed by atoms with Gasteiger partial charge in [-0.15, -0.1) is 0 Å². The molecule has 88 valence electrons. The van der Waals surface area contributed by atoms with Crippen molar-refractivity contribution < 1.29 is 9.90 Å². The van der Waals surface area contributed by atoms with E-state index in [-0.39, 0.29) is 5.92 Å². The monoisotopic (exact) mass is 285 g/mol. The Balaban J connectivity index is 2.93. The molecular weight excluding hydrogens is 270 g/mol. The second-order valence-corrected chi connectivity index (χ2v) is 5.04. The first-order chi connectivity index (χ1) is 7.41. The van der Waals surface area contributed by atoms with Gasteiger partial charge in [0, 0.05) is 10.2 Å². The molecular formula is C12H16BrNO2. The molecule has 1 rings (SSSR count). The molecule has 0 aliphatic heterocycles. The number of aryl methyl sites for hydroxylation is 1. The quantitative estimate of drug-likeness (QED) is 0.893. The maximum atomic E-state index is 11.1. The van der Waals surface area contributed by atoms with Crippen molar-refractivity contribution in [3.8, 4) is 0 Å². The van der Waals surface area contributed by atoms with E-state index in [4.69, 9.17) is 5.11 Å². The summed E-state index contributed by atoms with van der Waals surface area (Å²) in [5.74, 6) is -0.798. The number of carboxylic acids is 1. The molecule has 0 radical (unpaired) electrons. The number of nitrogens with one attached hydrogen (secondary N) is 1. The van der Waals surface area contributed by atoms with Crippen LogP contribution in [0.1, 0.15) is 19.4 Å². The third-order valence-corrected chi connectivity index (χ3v) is 3.06. The minimum atomic E-state index is -0.830. The zero-order valence-corrected chi connectivity index (χ0v) is 11.2. The van der Waals surface area contributed by atoms with Crippen LogP contribution in [0.4, 0.5) is 5.69 Å². The molecule has 3 nitrogen and oxygen atoms in total. The van der Waals surface area contributed by atoms with Crippen molar-refractivity contribution in [2.45, 2.75) is 26.8 Å². The largest absolute Gasteiger partial charge is 0.480 e. The van der Waals surface area contributed by atoms with E-state index in [1.54, 1.807) is 0 Å². The summed E-state index contributed by atoms with van der Waals surface area (Å²) in [6.07, 6.45) is 0. The maximum Gasteiger partial charge on any atom is 0.326 e. The molecule has 16 heavy (non-hydrogen) atoms. The van der Waals surface area contributed by atoms with Crippen molar-refractivity contribution in [2.75, 3.05) is 5.32 Å². The van der Waals surface area contributed by atoms with E-state index in [2.05, 4.69) is 21.2 Å². The van der Waals surface area contributed by atoms with E-state index in [0.717, 1.165) is 15.7 Å². The predicted molar refractivity (Wildman–Crippen MR) is 68.8 cm³/mol. The Labute approximate surface area is 104 Å². The van der Waals surface area contributed by atoms with Gasteiger partial charge in [0.1, 0.15) is 6.04 Å². The number of carbonyl (C=O) groups is 1. The number of hydrogen-bond donors (Lipinski definition) is 2. The van der Waals surface area contributed by atoms with Crippen LogP contribution in [0.2, 0.25) is 0 Å². The summed E-state index contributed by atoms with van der Waals surface area (Å²) in [5.41, 5.74) is 1.92. The molecule has 0 aliphatic rings. The van der Waals surface area contributed by atoms with Gasteiger partial charge < -0.3 is 10.4 Å². The summed E-state index contributed by atoms with van der Waals surface area (Å²) in [6, 6.07) is 5.25. The van der Waals surface area contributed by atoms with Crippen LogP contribution >= 0.6 is 15.9 Å². The van der Waals surface area contributed by atoms with Crippen LogP contribution in [-0.4, -0.2) is 17.1 Å². The number of benzene rings is 1. The van der Waals surface area contributed by atoms with Crippen molar-refractivity contribution >= 4 is 27.6 Å². The van der Waals surface area contributed by atoms with Gasteiger partial charge >= 0.3 is 5.97 Å². The van der Waals surface area contributed by atoms with Gasteiger partial charge in [0.2, 0.25) is 0 Å². The van der Waals surface area contributed by atoms with Gasteiger partial charge in [-0.05, 0) is 46.5 Å². The van der Waals surface area contributed by atoms with Gasteiger partial charge in [-0.1, -0.05) is 19.9 Å². The number of rotatable bonds is 4. The number of carboxylic acid groups (broad SMARTS) is 1. The molecule has 1 aromatic carbocycles. The third-order valence-electron chi connectivity index (χ3n) is 2.37. The molecule has 1 unspecified atom stereocenters. The molecule has 0 amide bonds. The third kappa shape index (κ3) is 3.23. The molecule has 0 bridgehead atoms. The summed E-state index contributed by atoms with van der Waals surface area (Å²) in [4.78, 5) is 11.1. The first-order valence-electron chi connectivity index (χ1n) is 5.17. The number of aliphatic carboxylic acids is 1. The van der Waals surface area contributed by atoms with E-state index >= 15 is 0 Å². The fourth-order valence-electron chi connectivity index (χ4n) is 1.43. The van der Waals surface area contributed by atoms with Crippen molar-refractivity contribution in [3.05, 3.63) is 28.2 Å². The predicted octanol–water partition coefficient (Wildman–Crippen LogP) is 3.28. The second-order valence-electron chi connectivity index (χ2n) is 4.19. The molecule has 0 heterocycles. The van der Waals surface area contributed by atoms with Crippen LogP contribution in [0, 0.1) is 12.8 Å². The van der Waals surface area contributed by atoms with Gasteiger partial charge in [-0.2, -0.15) is 0 Å². The molecule has 4 heteroatoms. The average Bonchev–Trinajstić information content (AvgIpc) is 2.18. The molecule has 1 aromatic rings. The van der Waals surface area contributed by atoms with Crippen molar-refractivity contribution in [1.29, 1.82) is 0 Å². The highest BCUT2D eigenvalue weighted by atomic mass is 79.9. The Morgan fingerprint density at radius 3 is 2.56 bits per heavy atom. The number of anilines is 1. The van der Waals surface area contributed by atoms with Gasteiger partial charge in [-0.3, -0.25) is 0 Å². The highest BCUT2D eigenvalue weighted by molar-refractivity contribution is 9.10. The number of hydrogen-bond acceptors (Lipinski definition) is 2. The summed E-state index contributed by atoms with van der Waals surface area (Å²) < 4.78 is 0.880. The Kier molecular flexibility index (Phi) is 4.35. The lowest BCUT2D eigenvalue weighted by molar-refractivity contribution is -0.138. The van der Waals surface area contributed by atoms with Crippen molar-refractivity contribution in [2.24, 2.45) is 5.92 Å². The standard InChI is InChI=1S/C12H16BrNO2/c1-7(2)11(12(15)16)14-10-6-8(3)4-5-9(10)13/h4-7,11,14H,1-3H3,(H,15,16). The highest BCUT2D eigenvalue weighted by Crippen LogP contribution is 2.25. The van der Waals surface area contributed by atoms with E-state index in [1.165, 1.54) is 0 Å². The first-order valence-corrected chi connectivity index (χ1v) is 5.96. The van der Waals surface area contributed by atoms with Crippen molar-refractivity contribution in [1.82, 2.24) is 0 Å². The molecule has 0 saturated heterocycles. The molecule has 1 atom stereocenters. The Morgan fingerprint density at radius 1 is 1.44 bits per heavy atom. The number of halogens is 1. The highest BCUT2D eigenvalue weighted by Gasteiger charge is 2.21. The lowest BCUT2D eigenvalue weighted by Gasteiger charge is -2.20. The van der Waals surface area contributed by atoms with Crippen molar-refractivity contribution in [3.63, 3.8) is 0 Å². The van der Waals surface area contributed by atoms with Crippen LogP contribution in [-0.2, 0) is 4.79 Å². The zero-order chi connectivity index (χ0) is 12.3. The molecule has 0 aromatic heterocycles. The van der Waals surface area contributed by atoms with E-state index in [9.17, 15) is 4.79 Å². The summed E-state index contributed by atoms with van der Waals surface area (Å²) >= 11 is 3.40. The van der Waals surface area contributed by atoms with E-state index in [1.807, 2.05) is 39.0 Å². The Bertz CT molecular complexity index is 391. The van der Waals surface area contributed by atoms with E-state index in [0.29, 0.717) is 0 Å². The average molecular weight is 286 g/mol. The van der Waals surface area contributed by atoms with Crippen LogP contribution in [0.3, 0.4) is 0 Å². The second kappa shape index (κ2) is 5.34. The van der Waals surface area contributed by atoms with Gasteiger partial charge in [0.15, 0.2) is 0 Å². The minimum Gasteiger partial charge on any atom is -0.480 e. The maximum absolute atomic E-state index is 11.1. The lowest BCUT2D eigenvalue weighted by atomic mass is 10.0. The SMILES string of the molecule is Cc1ccc(Br)c(NC(C(=O)O)C(C)C)c1. The van der Waals surface area contributed by atoms with Gasteiger partial charge in [0.25, 0.3) is 0 Å². The van der Waals surface area contributed by atoms with Gasteiger partial charge in [-0.25, -0.2) is 4.79 Å². The molecule has 2 N–H and O–H groups in total. The lowest BCUT2D eigenvalue weighted by Crippen LogP contribution is -2.34. The van der Waals surface area contributed by atoms with Crippen LogP contribution in [0.15, 0.2) is 22.7 Å². The first kappa shape index (κ1) is 13.0. The smallest absolute Gasteiger partial charge is 0.326 e. The fourth-order valence-corrected chi connectivity index (χ4v) is 1.79. The van der Waals surface area contributed by atoms with E-state index < -0.39 is 12.0 Å². The normalized spacial score (nSPS) is 12.6. The summed E-state index contributed by atoms with van der Waals surface area (Å²) in [7, 11) is 0. The molecule has 0 spiro atoms. The summed E-state index contributed by atoms with van der Waals surface area (Å²) in [6.45, 7) is 5.74. The summed E-state index contributed by atoms with van der Waals surface area (Å²) in [5, 5.41) is 12.1. The Hall–Kier alpha value is -1.03. The molecule has 0 fully saturated rings. The van der Waals surface area contributed by atoms with Crippen LogP contribution in [0.25, 0.3) is 0 Å². The molecule has 0 aliphatic carbocycles. The topological polar surface area (TPSA) is 49.3 Å². The Morgan fingerprint density at radius 2 is 2.06 bits per heavy atom. The fraction of sp³-hybridized carbons (Fsp3) is 0.417. The minimum absolute atomic E-state index is 0.0323. The van der Waals surface area contributed by atoms with Gasteiger partial charge in [0.05, 0.1) is 0 Å².